The zero-order valence-corrected chi connectivity index (χ0v) is 15.3. The number of rotatable bonds is 10. The number of anilines is 2. The van der Waals surface area contributed by atoms with Crippen molar-refractivity contribution >= 4 is 23.2 Å². The summed E-state index contributed by atoms with van der Waals surface area (Å²) in [6, 6.07) is 5.12. The number of nitrogens with two attached hydrogens (primary N) is 2. The Morgan fingerprint density at radius 3 is 1.96 bits per heavy atom. The largest absolute Gasteiger partial charge is 0.399 e. The van der Waals surface area contributed by atoms with Crippen LogP contribution in [0.15, 0.2) is 18.2 Å². The van der Waals surface area contributed by atoms with Crippen LogP contribution >= 0.6 is 0 Å². The molecule has 0 aliphatic carbocycles. The fraction of sp³-hybridized carbons (Fsp3) is 0.600. The predicted octanol–water partition coefficient (Wildman–Crippen LogP) is 4.18. The standard InChI is InChI=1S/C20H31N3O2/c1-2-3-4-5-6-7-8-9-18(23-19(24)10-11-20(23)25)15-12-16(21)14-17(22)13-15/h12-14,18H,2-11,21-22H2,1H3. The second-order valence-corrected chi connectivity index (χ2v) is 7.02. The van der Waals surface area contributed by atoms with Gasteiger partial charge in [-0.2, -0.15) is 0 Å². The first kappa shape index (κ1) is 19.3. The number of unbranched alkanes of at least 4 members (excludes halogenated alkanes) is 6. The number of imide groups is 1. The minimum Gasteiger partial charge on any atom is -0.399 e. The van der Waals surface area contributed by atoms with Crippen LogP contribution in [0.2, 0.25) is 0 Å². The van der Waals surface area contributed by atoms with Gasteiger partial charge in [0.05, 0.1) is 6.04 Å². The molecule has 1 atom stereocenters. The van der Waals surface area contributed by atoms with E-state index in [0.717, 1.165) is 24.8 Å². The zero-order valence-electron chi connectivity index (χ0n) is 15.3. The molecule has 1 saturated heterocycles. The van der Waals surface area contributed by atoms with Crippen molar-refractivity contribution in [1.29, 1.82) is 0 Å². The quantitative estimate of drug-likeness (QED) is 0.378. The van der Waals surface area contributed by atoms with Crippen LogP contribution in [0.1, 0.15) is 82.7 Å². The highest BCUT2D eigenvalue weighted by Crippen LogP contribution is 2.33. The highest BCUT2D eigenvalue weighted by molar-refractivity contribution is 6.02. The molecule has 2 amide bonds. The van der Waals surface area contributed by atoms with Crippen LogP contribution in [-0.4, -0.2) is 16.7 Å². The summed E-state index contributed by atoms with van der Waals surface area (Å²) in [5, 5.41) is 0. The summed E-state index contributed by atoms with van der Waals surface area (Å²) >= 11 is 0. The zero-order chi connectivity index (χ0) is 18.2. The molecule has 0 spiro atoms. The van der Waals surface area contributed by atoms with E-state index in [2.05, 4.69) is 6.92 Å². The van der Waals surface area contributed by atoms with Gasteiger partial charge in [-0.3, -0.25) is 14.5 Å². The first-order chi connectivity index (χ1) is 12.0. The lowest BCUT2D eigenvalue weighted by Crippen LogP contribution is -2.33. The molecule has 0 radical (unpaired) electrons. The number of carbonyl (C=O) groups excluding carboxylic acids is 2. The topological polar surface area (TPSA) is 89.4 Å². The molecular formula is C20H31N3O2. The number of amides is 2. The molecule has 1 aliphatic heterocycles. The molecule has 1 aromatic carbocycles. The van der Waals surface area contributed by atoms with E-state index in [0.29, 0.717) is 24.2 Å². The Balaban J connectivity index is 2.02. The molecular weight excluding hydrogens is 314 g/mol. The second-order valence-electron chi connectivity index (χ2n) is 7.02. The van der Waals surface area contributed by atoms with Crippen molar-refractivity contribution < 1.29 is 9.59 Å². The van der Waals surface area contributed by atoms with Crippen molar-refractivity contribution in [3.63, 3.8) is 0 Å². The molecule has 1 aromatic rings. The van der Waals surface area contributed by atoms with Gasteiger partial charge in [0.2, 0.25) is 11.8 Å². The highest BCUT2D eigenvalue weighted by Gasteiger charge is 2.35. The van der Waals surface area contributed by atoms with E-state index in [9.17, 15) is 9.59 Å². The smallest absolute Gasteiger partial charge is 0.230 e. The number of nitrogens with zero attached hydrogens (tertiary/aromatic N) is 1. The Hall–Kier alpha value is -2.04. The Morgan fingerprint density at radius 2 is 1.40 bits per heavy atom. The summed E-state index contributed by atoms with van der Waals surface area (Å²) in [6.45, 7) is 2.21. The van der Waals surface area contributed by atoms with E-state index < -0.39 is 0 Å². The lowest BCUT2D eigenvalue weighted by Gasteiger charge is -2.27. The maximum absolute atomic E-state index is 12.2. The maximum Gasteiger partial charge on any atom is 0.230 e. The monoisotopic (exact) mass is 345 g/mol. The lowest BCUT2D eigenvalue weighted by atomic mass is 9.97. The minimum atomic E-state index is -0.246. The summed E-state index contributed by atoms with van der Waals surface area (Å²) in [6.07, 6.45) is 9.78. The molecule has 5 nitrogen and oxygen atoms in total. The molecule has 4 N–H and O–H groups in total. The third-order valence-electron chi connectivity index (χ3n) is 4.87. The van der Waals surface area contributed by atoms with Gasteiger partial charge in [0, 0.05) is 24.2 Å². The van der Waals surface area contributed by atoms with Crippen LogP contribution in [0, 0.1) is 0 Å². The van der Waals surface area contributed by atoms with Gasteiger partial charge in [-0.15, -0.1) is 0 Å². The van der Waals surface area contributed by atoms with Crippen molar-refractivity contribution in [2.45, 2.75) is 77.2 Å². The number of benzene rings is 1. The molecule has 0 bridgehead atoms. The van der Waals surface area contributed by atoms with E-state index in [1.807, 2.05) is 12.1 Å². The van der Waals surface area contributed by atoms with E-state index >= 15 is 0 Å². The fourth-order valence-electron chi connectivity index (χ4n) is 3.58. The first-order valence-electron chi connectivity index (χ1n) is 9.53. The number of nitrogen functional groups attached to an aromatic ring is 2. The summed E-state index contributed by atoms with van der Waals surface area (Å²) in [5.41, 5.74) is 13.8. The molecule has 1 heterocycles. The van der Waals surface area contributed by atoms with Crippen molar-refractivity contribution in [3.8, 4) is 0 Å². The van der Waals surface area contributed by atoms with Crippen molar-refractivity contribution in [2.24, 2.45) is 0 Å². The summed E-state index contributed by atoms with van der Waals surface area (Å²) < 4.78 is 0. The molecule has 0 saturated carbocycles. The van der Waals surface area contributed by atoms with Crippen LogP contribution in [0.4, 0.5) is 11.4 Å². The van der Waals surface area contributed by atoms with E-state index in [-0.39, 0.29) is 17.9 Å². The normalized spacial score (nSPS) is 15.8. The Labute approximate surface area is 150 Å². The molecule has 25 heavy (non-hydrogen) atoms. The number of carbonyl (C=O) groups is 2. The highest BCUT2D eigenvalue weighted by atomic mass is 16.2. The van der Waals surface area contributed by atoms with Crippen LogP contribution in [0.25, 0.3) is 0 Å². The molecule has 0 aromatic heterocycles. The molecule has 2 rings (SSSR count). The summed E-state index contributed by atoms with van der Waals surface area (Å²) in [4.78, 5) is 25.9. The molecule has 1 aliphatic rings. The Kier molecular flexibility index (Phi) is 7.29. The third-order valence-corrected chi connectivity index (χ3v) is 4.87. The van der Waals surface area contributed by atoms with Gasteiger partial charge in [-0.05, 0) is 30.2 Å². The SMILES string of the molecule is CCCCCCCCCC(c1cc(N)cc(N)c1)N1C(=O)CCC1=O. The Bertz CT molecular complexity index is 564. The molecule has 138 valence electrons. The minimum absolute atomic E-state index is 0.0843. The number of likely N-dealkylation sites (tertiary alicyclic amines) is 1. The van der Waals surface area contributed by atoms with Gasteiger partial charge in [0.1, 0.15) is 0 Å². The fourth-order valence-corrected chi connectivity index (χ4v) is 3.58. The van der Waals surface area contributed by atoms with Gasteiger partial charge in [0.25, 0.3) is 0 Å². The molecule has 1 unspecified atom stereocenters. The van der Waals surface area contributed by atoms with Crippen LogP contribution in [0.5, 0.6) is 0 Å². The van der Waals surface area contributed by atoms with Gasteiger partial charge < -0.3 is 11.5 Å². The van der Waals surface area contributed by atoms with Gasteiger partial charge in [0.15, 0.2) is 0 Å². The van der Waals surface area contributed by atoms with Crippen molar-refractivity contribution in [3.05, 3.63) is 23.8 Å². The Morgan fingerprint density at radius 1 is 0.880 bits per heavy atom. The van der Waals surface area contributed by atoms with Crippen molar-refractivity contribution in [2.75, 3.05) is 11.5 Å². The third kappa shape index (κ3) is 5.48. The average molecular weight is 345 g/mol. The predicted molar refractivity (Wildman–Crippen MR) is 102 cm³/mol. The van der Waals surface area contributed by atoms with E-state index in [1.165, 1.54) is 37.0 Å². The van der Waals surface area contributed by atoms with Crippen LogP contribution < -0.4 is 11.5 Å². The summed E-state index contributed by atoms with van der Waals surface area (Å²) in [5.74, 6) is -0.169. The lowest BCUT2D eigenvalue weighted by molar-refractivity contribution is -0.141. The maximum atomic E-state index is 12.2. The number of hydrogen-bond donors (Lipinski definition) is 2. The first-order valence-corrected chi connectivity index (χ1v) is 9.53. The summed E-state index contributed by atoms with van der Waals surface area (Å²) in [7, 11) is 0. The van der Waals surface area contributed by atoms with Gasteiger partial charge in [-0.25, -0.2) is 0 Å². The van der Waals surface area contributed by atoms with Gasteiger partial charge in [-0.1, -0.05) is 51.9 Å². The van der Waals surface area contributed by atoms with E-state index in [4.69, 9.17) is 11.5 Å². The van der Waals surface area contributed by atoms with Crippen LogP contribution in [0.3, 0.4) is 0 Å². The van der Waals surface area contributed by atoms with Crippen molar-refractivity contribution in [1.82, 2.24) is 4.90 Å². The van der Waals surface area contributed by atoms with Gasteiger partial charge >= 0.3 is 0 Å². The van der Waals surface area contributed by atoms with E-state index in [1.54, 1.807) is 6.07 Å². The average Bonchev–Trinajstić information content (AvgIpc) is 2.88. The molecule has 5 heteroatoms. The van der Waals surface area contributed by atoms with Crippen LogP contribution in [-0.2, 0) is 9.59 Å². The number of hydrogen-bond acceptors (Lipinski definition) is 4. The second kappa shape index (κ2) is 9.44. The molecule has 1 fully saturated rings.